The van der Waals surface area contributed by atoms with Gasteiger partial charge in [-0.3, -0.25) is 4.79 Å². The van der Waals surface area contributed by atoms with E-state index in [9.17, 15) is 9.18 Å². The average Bonchev–Trinajstić information content (AvgIpc) is 3.58. The standard InChI is InChI=1S/C28H27FN2O3S/c1-33-26-7-3-2-6-24(26)28-21(14-20-8-9-22(29)15-25(20)30-28)16-31(17-23-5-4-11-34-23)27(32)13-19-10-12-35-18-19/h2-3,6-10,12,14-15,18,23H,4-5,11,13,16-17H2,1H3/t23-/m1/s1. The highest BCUT2D eigenvalue weighted by molar-refractivity contribution is 7.08. The first-order chi connectivity index (χ1) is 17.1. The molecule has 5 nitrogen and oxygen atoms in total. The minimum absolute atomic E-state index is 0.0265. The van der Waals surface area contributed by atoms with Crippen LogP contribution in [0.3, 0.4) is 0 Å². The molecule has 0 unspecified atom stereocenters. The van der Waals surface area contributed by atoms with Gasteiger partial charge in [0.15, 0.2) is 0 Å². The SMILES string of the molecule is COc1ccccc1-c1nc2cc(F)ccc2cc1CN(C[C@H]1CCCO1)C(=O)Cc1ccsc1. The first kappa shape index (κ1) is 23.5. The van der Waals surface area contributed by atoms with Crippen molar-refractivity contribution < 1.29 is 18.7 Å². The Morgan fingerprint density at radius 3 is 2.89 bits per heavy atom. The molecule has 1 fully saturated rings. The van der Waals surface area contributed by atoms with Crippen molar-refractivity contribution in [3.05, 3.63) is 82.3 Å². The van der Waals surface area contributed by atoms with E-state index in [-0.39, 0.29) is 17.8 Å². The van der Waals surface area contributed by atoms with Gasteiger partial charge in [0.2, 0.25) is 5.91 Å². The van der Waals surface area contributed by atoms with Gasteiger partial charge in [0.1, 0.15) is 11.6 Å². The Balaban J connectivity index is 1.56. The second kappa shape index (κ2) is 10.5. The summed E-state index contributed by atoms with van der Waals surface area (Å²) in [4.78, 5) is 20.2. The lowest BCUT2D eigenvalue weighted by Gasteiger charge is -2.27. The van der Waals surface area contributed by atoms with E-state index < -0.39 is 0 Å². The van der Waals surface area contributed by atoms with Crippen molar-refractivity contribution in [1.82, 2.24) is 9.88 Å². The molecule has 1 saturated heterocycles. The lowest BCUT2D eigenvalue weighted by atomic mass is 10.0. The summed E-state index contributed by atoms with van der Waals surface area (Å²) >= 11 is 1.59. The zero-order valence-corrected chi connectivity index (χ0v) is 20.4. The number of hydrogen-bond donors (Lipinski definition) is 0. The smallest absolute Gasteiger partial charge is 0.227 e. The van der Waals surface area contributed by atoms with Crippen molar-refractivity contribution in [2.45, 2.75) is 31.9 Å². The molecule has 1 aliphatic rings. The van der Waals surface area contributed by atoms with E-state index in [0.29, 0.717) is 36.5 Å². The average molecular weight is 491 g/mol. The molecule has 4 aromatic rings. The fourth-order valence-electron chi connectivity index (χ4n) is 4.55. The fourth-order valence-corrected chi connectivity index (χ4v) is 5.22. The van der Waals surface area contributed by atoms with Crippen molar-refractivity contribution in [1.29, 1.82) is 0 Å². The van der Waals surface area contributed by atoms with Crippen LogP contribution >= 0.6 is 11.3 Å². The summed E-state index contributed by atoms with van der Waals surface area (Å²) in [7, 11) is 1.62. The third kappa shape index (κ3) is 5.36. The second-order valence-corrected chi connectivity index (χ2v) is 9.53. The number of ether oxygens (including phenoxy) is 2. The number of amides is 1. The molecule has 0 saturated carbocycles. The van der Waals surface area contributed by atoms with Crippen LogP contribution < -0.4 is 4.74 Å². The first-order valence-corrected chi connectivity index (χ1v) is 12.7. The van der Waals surface area contributed by atoms with Gasteiger partial charge in [-0.15, -0.1) is 0 Å². The molecule has 1 atom stereocenters. The summed E-state index contributed by atoms with van der Waals surface area (Å²) < 4.78 is 25.5. The van der Waals surface area contributed by atoms with Crippen LogP contribution in [-0.4, -0.2) is 42.2 Å². The molecule has 0 spiro atoms. The van der Waals surface area contributed by atoms with Gasteiger partial charge in [0, 0.05) is 36.7 Å². The molecule has 3 heterocycles. The van der Waals surface area contributed by atoms with Gasteiger partial charge >= 0.3 is 0 Å². The van der Waals surface area contributed by atoms with Gasteiger partial charge in [-0.05, 0) is 71.1 Å². The van der Waals surface area contributed by atoms with E-state index in [2.05, 4.69) is 0 Å². The van der Waals surface area contributed by atoms with Crippen LogP contribution in [0.2, 0.25) is 0 Å². The molecule has 1 aliphatic heterocycles. The van der Waals surface area contributed by atoms with E-state index >= 15 is 0 Å². The van der Waals surface area contributed by atoms with E-state index in [4.69, 9.17) is 14.5 Å². The third-order valence-electron chi connectivity index (χ3n) is 6.32. The number of hydrogen-bond acceptors (Lipinski definition) is 5. The van der Waals surface area contributed by atoms with Gasteiger partial charge in [-0.2, -0.15) is 11.3 Å². The Morgan fingerprint density at radius 1 is 1.23 bits per heavy atom. The Morgan fingerprint density at radius 2 is 2.11 bits per heavy atom. The number of methoxy groups -OCH3 is 1. The Hall–Kier alpha value is -3.29. The van der Waals surface area contributed by atoms with E-state index in [0.717, 1.165) is 41.5 Å². The van der Waals surface area contributed by atoms with Crippen LogP contribution in [0.1, 0.15) is 24.0 Å². The number of carbonyl (C=O) groups excluding carboxylic acids is 1. The highest BCUT2D eigenvalue weighted by Crippen LogP contribution is 2.34. The van der Waals surface area contributed by atoms with Crippen LogP contribution in [-0.2, 0) is 22.5 Å². The number of para-hydroxylation sites is 1. The maximum Gasteiger partial charge on any atom is 0.227 e. The molecule has 180 valence electrons. The number of benzene rings is 2. The molecule has 0 N–H and O–H groups in total. The van der Waals surface area contributed by atoms with Crippen LogP contribution in [0.4, 0.5) is 4.39 Å². The van der Waals surface area contributed by atoms with E-state index in [1.807, 2.05) is 52.1 Å². The summed E-state index contributed by atoms with van der Waals surface area (Å²) in [5, 5.41) is 4.82. The normalized spacial score (nSPS) is 15.4. The Bertz CT molecular complexity index is 1320. The van der Waals surface area contributed by atoms with Crippen LogP contribution in [0.15, 0.2) is 65.4 Å². The second-order valence-electron chi connectivity index (χ2n) is 8.75. The topological polar surface area (TPSA) is 51.7 Å². The molecule has 2 aromatic heterocycles. The van der Waals surface area contributed by atoms with Gasteiger partial charge < -0.3 is 14.4 Å². The predicted molar refractivity (Wildman–Crippen MR) is 136 cm³/mol. The number of halogens is 1. The molecule has 1 amide bonds. The van der Waals surface area contributed by atoms with Crippen molar-refractivity contribution in [2.75, 3.05) is 20.3 Å². The Labute approximate surface area is 208 Å². The molecule has 35 heavy (non-hydrogen) atoms. The highest BCUT2D eigenvalue weighted by atomic mass is 32.1. The van der Waals surface area contributed by atoms with Crippen molar-refractivity contribution >= 4 is 28.1 Å². The summed E-state index contributed by atoms with van der Waals surface area (Å²) in [6.07, 6.45) is 2.31. The fraction of sp³-hybridized carbons (Fsp3) is 0.286. The van der Waals surface area contributed by atoms with Crippen molar-refractivity contribution in [2.24, 2.45) is 0 Å². The molecule has 0 bridgehead atoms. The van der Waals surface area contributed by atoms with E-state index in [1.54, 1.807) is 24.5 Å². The van der Waals surface area contributed by atoms with Crippen LogP contribution in [0.25, 0.3) is 22.2 Å². The maximum absolute atomic E-state index is 14.0. The number of aromatic nitrogens is 1. The number of thiophene rings is 1. The Kier molecular flexibility index (Phi) is 7.06. The minimum atomic E-state index is -0.338. The monoisotopic (exact) mass is 490 g/mol. The van der Waals surface area contributed by atoms with Gasteiger partial charge in [-0.25, -0.2) is 9.37 Å². The van der Waals surface area contributed by atoms with Gasteiger partial charge in [0.25, 0.3) is 0 Å². The third-order valence-corrected chi connectivity index (χ3v) is 7.05. The van der Waals surface area contributed by atoms with Crippen LogP contribution in [0.5, 0.6) is 5.75 Å². The number of rotatable bonds is 8. The first-order valence-electron chi connectivity index (χ1n) is 11.7. The molecule has 7 heteroatoms. The predicted octanol–water partition coefficient (Wildman–Crippen LogP) is 5.86. The highest BCUT2D eigenvalue weighted by Gasteiger charge is 2.25. The summed E-state index contributed by atoms with van der Waals surface area (Å²) in [5.74, 6) is 0.381. The largest absolute Gasteiger partial charge is 0.496 e. The molecular formula is C28H27FN2O3S. The summed E-state index contributed by atoms with van der Waals surface area (Å²) in [6.45, 7) is 1.62. The lowest BCUT2D eigenvalue weighted by molar-refractivity contribution is -0.132. The van der Waals surface area contributed by atoms with Crippen LogP contribution in [0, 0.1) is 5.82 Å². The van der Waals surface area contributed by atoms with E-state index in [1.165, 1.54) is 12.1 Å². The zero-order valence-electron chi connectivity index (χ0n) is 19.6. The summed E-state index contributed by atoms with van der Waals surface area (Å²) in [5.41, 5.74) is 3.93. The van der Waals surface area contributed by atoms with Crippen molar-refractivity contribution in [3.8, 4) is 17.0 Å². The van der Waals surface area contributed by atoms with Gasteiger partial charge in [0.05, 0.1) is 30.8 Å². The zero-order chi connectivity index (χ0) is 24.2. The lowest BCUT2D eigenvalue weighted by Crippen LogP contribution is -2.38. The maximum atomic E-state index is 14.0. The van der Waals surface area contributed by atoms with Gasteiger partial charge in [-0.1, -0.05) is 12.1 Å². The van der Waals surface area contributed by atoms with Crippen molar-refractivity contribution in [3.63, 3.8) is 0 Å². The number of carbonyl (C=O) groups is 1. The molecular weight excluding hydrogens is 463 g/mol. The quantitative estimate of drug-likeness (QED) is 0.310. The molecule has 5 rings (SSSR count). The molecule has 0 radical (unpaired) electrons. The summed E-state index contributed by atoms with van der Waals surface area (Å²) in [6, 6.07) is 16.2. The number of pyridine rings is 1. The molecule has 0 aliphatic carbocycles. The number of nitrogens with zero attached hydrogens (tertiary/aromatic N) is 2. The minimum Gasteiger partial charge on any atom is -0.496 e. The number of fused-ring (bicyclic) bond motifs is 1. The molecule has 2 aromatic carbocycles.